The van der Waals surface area contributed by atoms with Gasteiger partial charge in [-0.05, 0) is 31.1 Å². The zero-order chi connectivity index (χ0) is 8.23. The van der Waals surface area contributed by atoms with E-state index in [0.29, 0.717) is 0 Å². The summed E-state index contributed by atoms with van der Waals surface area (Å²) in [6, 6.07) is 10.6. The van der Waals surface area contributed by atoms with E-state index < -0.39 is 0 Å². The number of hydrogen-bond donors (Lipinski definition) is 1. The standard InChI is InChI=1S/C10H13NS/c1-2-4-10(5-3-1)12-8-9-6-11-7-9/h1-5,9,11H,6-8H2. The first kappa shape index (κ1) is 8.14. The van der Waals surface area contributed by atoms with Crippen LogP contribution in [0.4, 0.5) is 0 Å². The second kappa shape index (κ2) is 3.97. The summed E-state index contributed by atoms with van der Waals surface area (Å²) >= 11 is 1.96. The molecule has 0 radical (unpaired) electrons. The lowest BCUT2D eigenvalue weighted by atomic mass is 10.1. The highest BCUT2D eigenvalue weighted by atomic mass is 32.2. The summed E-state index contributed by atoms with van der Waals surface area (Å²) in [6.45, 7) is 2.42. The number of nitrogens with one attached hydrogen (secondary N) is 1. The minimum atomic E-state index is 0.898. The first-order valence-corrected chi connectivity index (χ1v) is 5.32. The molecule has 1 nitrogen and oxygen atoms in total. The Balaban J connectivity index is 1.79. The van der Waals surface area contributed by atoms with Crippen LogP contribution in [0.3, 0.4) is 0 Å². The Kier molecular flexibility index (Phi) is 2.69. The SMILES string of the molecule is c1ccc(SCC2CNC2)cc1. The molecule has 1 saturated heterocycles. The molecular formula is C10H13NS. The van der Waals surface area contributed by atoms with E-state index >= 15 is 0 Å². The molecule has 64 valence electrons. The number of hydrogen-bond acceptors (Lipinski definition) is 2. The van der Waals surface area contributed by atoms with Crippen molar-refractivity contribution in [2.24, 2.45) is 5.92 Å². The van der Waals surface area contributed by atoms with E-state index in [4.69, 9.17) is 0 Å². The predicted octanol–water partition coefficient (Wildman–Crippen LogP) is 2.00. The summed E-state index contributed by atoms with van der Waals surface area (Å²) in [6.07, 6.45) is 0. The van der Waals surface area contributed by atoms with Crippen molar-refractivity contribution in [2.45, 2.75) is 4.90 Å². The van der Waals surface area contributed by atoms with Crippen molar-refractivity contribution in [3.8, 4) is 0 Å². The highest BCUT2D eigenvalue weighted by molar-refractivity contribution is 7.99. The van der Waals surface area contributed by atoms with Crippen molar-refractivity contribution in [3.05, 3.63) is 30.3 Å². The fourth-order valence-electron chi connectivity index (χ4n) is 1.20. The number of thioether (sulfide) groups is 1. The van der Waals surface area contributed by atoms with E-state index in [1.165, 1.54) is 23.7 Å². The van der Waals surface area contributed by atoms with Crippen molar-refractivity contribution < 1.29 is 0 Å². The third kappa shape index (κ3) is 2.02. The van der Waals surface area contributed by atoms with Gasteiger partial charge in [0.2, 0.25) is 0 Å². The zero-order valence-corrected chi connectivity index (χ0v) is 7.81. The van der Waals surface area contributed by atoms with Crippen LogP contribution in [-0.4, -0.2) is 18.8 Å². The van der Waals surface area contributed by atoms with Crippen LogP contribution in [-0.2, 0) is 0 Å². The average molecular weight is 179 g/mol. The van der Waals surface area contributed by atoms with Crippen LogP contribution in [0.2, 0.25) is 0 Å². The highest BCUT2D eigenvalue weighted by Gasteiger charge is 2.15. The molecule has 0 bridgehead atoms. The van der Waals surface area contributed by atoms with Crippen LogP contribution in [0.15, 0.2) is 35.2 Å². The molecule has 2 rings (SSSR count). The van der Waals surface area contributed by atoms with Gasteiger partial charge in [-0.2, -0.15) is 0 Å². The third-order valence-corrected chi connectivity index (χ3v) is 3.34. The Hall–Kier alpha value is -0.470. The molecule has 0 aromatic heterocycles. The lowest BCUT2D eigenvalue weighted by Gasteiger charge is -2.26. The smallest absolute Gasteiger partial charge is 0.00720 e. The predicted molar refractivity (Wildman–Crippen MR) is 53.5 cm³/mol. The molecule has 12 heavy (non-hydrogen) atoms. The van der Waals surface area contributed by atoms with E-state index in [1.807, 2.05) is 11.8 Å². The van der Waals surface area contributed by atoms with E-state index in [1.54, 1.807) is 0 Å². The topological polar surface area (TPSA) is 12.0 Å². The van der Waals surface area contributed by atoms with Gasteiger partial charge >= 0.3 is 0 Å². The lowest BCUT2D eigenvalue weighted by Crippen LogP contribution is -2.43. The summed E-state index contributed by atoms with van der Waals surface area (Å²) in [7, 11) is 0. The minimum absolute atomic E-state index is 0.898. The fourth-order valence-corrected chi connectivity index (χ4v) is 2.21. The summed E-state index contributed by atoms with van der Waals surface area (Å²) in [5.41, 5.74) is 0. The van der Waals surface area contributed by atoms with Gasteiger partial charge < -0.3 is 5.32 Å². The van der Waals surface area contributed by atoms with Gasteiger partial charge in [0.15, 0.2) is 0 Å². The van der Waals surface area contributed by atoms with Gasteiger partial charge in [0.05, 0.1) is 0 Å². The van der Waals surface area contributed by atoms with Gasteiger partial charge in [0.25, 0.3) is 0 Å². The molecule has 1 aliphatic rings. The maximum absolute atomic E-state index is 3.28. The fraction of sp³-hybridized carbons (Fsp3) is 0.400. The minimum Gasteiger partial charge on any atom is -0.316 e. The Bertz CT molecular complexity index is 231. The van der Waals surface area contributed by atoms with Crippen molar-refractivity contribution in [2.75, 3.05) is 18.8 Å². The van der Waals surface area contributed by atoms with Crippen molar-refractivity contribution in [3.63, 3.8) is 0 Å². The lowest BCUT2D eigenvalue weighted by molar-refractivity contribution is 0.385. The van der Waals surface area contributed by atoms with Gasteiger partial charge in [-0.3, -0.25) is 0 Å². The molecular weight excluding hydrogens is 166 g/mol. The number of benzene rings is 1. The van der Waals surface area contributed by atoms with E-state index in [0.717, 1.165) is 5.92 Å². The van der Waals surface area contributed by atoms with Crippen LogP contribution in [0.5, 0.6) is 0 Å². The van der Waals surface area contributed by atoms with Crippen LogP contribution in [0, 0.1) is 5.92 Å². The Morgan fingerprint density at radius 3 is 2.58 bits per heavy atom. The van der Waals surface area contributed by atoms with Crippen LogP contribution in [0.1, 0.15) is 0 Å². The molecule has 1 fully saturated rings. The maximum atomic E-state index is 3.28. The summed E-state index contributed by atoms with van der Waals surface area (Å²) in [5.74, 6) is 2.16. The normalized spacial score (nSPS) is 17.3. The van der Waals surface area contributed by atoms with Crippen LogP contribution >= 0.6 is 11.8 Å². The molecule has 1 aromatic carbocycles. The zero-order valence-electron chi connectivity index (χ0n) is 6.99. The second-order valence-electron chi connectivity index (χ2n) is 3.15. The van der Waals surface area contributed by atoms with Gasteiger partial charge in [-0.25, -0.2) is 0 Å². The molecule has 0 saturated carbocycles. The molecule has 0 aliphatic carbocycles. The summed E-state index contributed by atoms with van der Waals surface area (Å²) < 4.78 is 0. The molecule has 1 heterocycles. The van der Waals surface area contributed by atoms with Gasteiger partial charge in [-0.1, -0.05) is 18.2 Å². The Morgan fingerprint density at radius 2 is 2.00 bits per heavy atom. The van der Waals surface area contributed by atoms with E-state index in [2.05, 4.69) is 35.6 Å². The van der Waals surface area contributed by atoms with Gasteiger partial charge in [0, 0.05) is 10.6 Å². The number of rotatable bonds is 3. The molecule has 0 spiro atoms. The largest absolute Gasteiger partial charge is 0.316 e. The van der Waals surface area contributed by atoms with Gasteiger partial charge in [0.1, 0.15) is 0 Å². The molecule has 2 heteroatoms. The van der Waals surface area contributed by atoms with Crippen molar-refractivity contribution in [1.29, 1.82) is 0 Å². The Morgan fingerprint density at radius 1 is 1.25 bits per heavy atom. The second-order valence-corrected chi connectivity index (χ2v) is 4.24. The van der Waals surface area contributed by atoms with Crippen LogP contribution in [0.25, 0.3) is 0 Å². The highest BCUT2D eigenvalue weighted by Crippen LogP contribution is 2.21. The molecule has 0 amide bonds. The quantitative estimate of drug-likeness (QED) is 0.712. The summed E-state index contributed by atoms with van der Waals surface area (Å²) in [5, 5.41) is 3.28. The first-order valence-electron chi connectivity index (χ1n) is 4.34. The first-order chi connectivity index (χ1) is 5.95. The average Bonchev–Trinajstić information content (AvgIpc) is 2.04. The molecule has 1 aliphatic heterocycles. The van der Waals surface area contributed by atoms with E-state index in [-0.39, 0.29) is 0 Å². The van der Waals surface area contributed by atoms with Crippen molar-refractivity contribution >= 4 is 11.8 Å². The maximum Gasteiger partial charge on any atom is 0.00720 e. The monoisotopic (exact) mass is 179 g/mol. The summed E-state index contributed by atoms with van der Waals surface area (Å²) in [4.78, 5) is 1.39. The van der Waals surface area contributed by atoms with Gasteiger partial charge in [-0.15, -0.1) is 11.8 Å². The Labute approximate surface area is 77.6 Å². The molecule has 0 unspecified atom stereocenters. The van der Waals surface area contributed by atoms with Crippen molar-refractivity contribution in [1.82, 2.24) is 5.32 Å². The molecule has 0 atom stereocenters. The molecule has 1 aromatic rings. The third-order valence-electron chi connectivity index (χ3n) is 2.09. The molecule has 1 N–H and O–H groups in total. The van der Waals surface area contributed by atoms with E-state index in [9.17, 15) is 0 Å². The van der Waals surface area contributed by atoms with Crippen LogP contribution < -0.4 is 5.32 Å².